The second-order valence-electron chi connectivity index (χ2n) is 4.58. The van der Waals surface area contributed by atoms with Crippen LogP contribution >= 0.6 is 0 Å². The van der Waals surface area contributed by atoms with Gasteiger partial charge in [0.2, 0.25) is 0 Å². The van der Waals surface area contributed by atoms with Crippen LogP contribution < -0.4 is 0 Å². The molecule has 92 valence electrons. The molecule has 0 N–H and O–H groups in total. The molecule has 0 amide bonds. The molecule has 1 unspecified atom stereocenters. The van der Waals surface area contributed by atoms with Gasteiger partial charge in [-0.25, -0.2) is 0 Å². The van der Waals surface area contributed by atoms with Crippen molar-refractivity contribution in [3.8, 4) is 0 Å². The van der Waals surface area contributed by atoms with Crippen LogP contribution in [0.2, 0.25) is 0 Å². The van der Waals surface area contributed by atoms with Crippen molar-refractivity contribution in [1.29, 1.82) is 0 Å². The number of ether oxygens (including phenoxy) is 3. The van der Waals surface area contributed by atoms with E-state index in [0.717, 1.165) is 19.3 Å². The molecular formula is C12H20O4. The van der Waals surface area contributed by atoms with Gasteiger partial charge in [0.25, 0.3) is 0 Å². The van der Waals surface area contributed by atoms with E-state index in [-0.39, 0.29) is 12.3 Å². The van der Waals surface area contributed by atoms with Crippen molar-refractivity contribution in [2.24, 2.45) is 11.8 Å². The van der Waals surface area contributed by atoms with E-state index in [2.05, 4.69) is 0 Å². The topological polar surface area (TPSA) is 44.8 Å². The molecule has 1 saturated carbocycles. The number of carbonyl (C=O) groups excluding carboxylic acids is 1. The summed E-state index contributed by atoms with van der Waals surface area (Å²) in [6, 6.07) is 0. The number of fused-ring (bicyclic) bond motifs is 1. The Bertz CT molecular complexity index is 253. The van der Waals surface area contributed by atoms with Crippen molar-refractivity contribution in [2.75, 3.05) is 13.7 Å². The minimum atomic E-state index is -0.106. The van der Waals surface area contributed by atoms with Gasteiger partial charge in [-0.3, -0.25) is 4.79 Å². The van der Waals surface area contributed by atoms with Gasteiger partial charge in [0.15, 0.2) is 6.29 Å². The number of hydrogen-bond acceptors (Lipinski definition) is 4. The molecule has 2 aliphatic rings. The summed E-state index contributed by atoms with van der Waals surface area (Å²) in [5.41, 5.74) is 0. The minimum Gasteiger partial charge on any atom is -0.469 e. The Morgan fingerprint density at radius 3 is 2.94 bits per heavy atom. The predicted octanol–water partition coefficient (Wildman–Crippen LogP) is 1.73. The summed E-state index contributed by atoms with van der Waals surface area (Å²) in [6.07, 6.45) is 3.82. The predicted molar refractivity (Wildman–Crippen MR) is 57.8 cm³/mol. The highest BCUT2D eigenvalue weighted by molar-refractivity contribution is 5.69. The highest BCUT2D eigenvalue weighted by Gasteiger charge is 2.45. The SMILES string of the molecule is CCOC1C[C@H]2[C@@H](CC(=O)OC)CC[C@H]2O1. The summed E-state index contributed by atoms with van der Waals surface area (Å²) in [5.74, 6) is 0.795. The molecule has 0 spiro atoms. The van der Waals surface area contributed by atoms with Crippen LogP contribution in [0.1, 0.15) is 32.6 Å². The zero-order chi connectivity index (χ0) is 11.5. The standard InChI is InChI=1S/C12H20O4/c1-3-15-12-7-9-8(6-11(13)14-2)4-5-10(9)16-12/h8-10,12H,3-7H2,1-2H3/t8-,9+,10-,12?/m1/s1. The number of esters is 1. The van der Waals surface area contributed by atoms with E-state index in [0.29, 0.717) is 31.0 Å². The van der Waals surface area contributed by atoms with Crippen molar-refractivity contribution in [3.05, 3.63) is 0 Å². The molecule has 1 aliphatic heterocycles. The maximum Gasteiger partial charge on any atom is 0.305 e. The molecule has 0 aromatic heterocycles. The molecule has 4 atom stereocenters. The molecule has 4 heteroatoms. The van der Waals surface area contributed by atoms with Gasteiger partial charge in [-0.1, -0.05) is 0 Å². The Balaban J connectivity index is 1.87. The van der Waals surface area contributed by atoms with E-state index in [4.69, 9.17) is 14.2 Å². The Hall–Kier alpha value is -0.610. The first-order valence-corrected chi connectivity index (χ1v) is 6.08. The van der Waals surface area contributed by atoms with Crippen LogP contribution in [0.15, 0.2) is 0 Å². The monoisotopic (exact) mass is 228 g/mol. The van der Waals surface area contributed by atoms with Crippen LogP contribution in [-0.2, 0) is 19.0 Å². The molecular weight excluding hydrogens is 208 g/mol. The second kappa shape index (κ2) is 5.15. The third-order valence-electron chi connectivity index (χ3n) is 3.71. The molecule has 2 fully saturated rings. The van der Waals surface area contributed by atoms with Crippen LogP contribution in [0.4, 0.5) is 0 Å². The van der Waals surface area contributed by atoms with Gasteiger partial charge in [0.1, 0.15) is 0 Å². The lowest BCUT2D eigenvalue weighted by Crippen LogP contribution is -2.17. The van der Waals surface area contributed by atoms with Gasteiger partial charge in [0, 0.05) is 19.4 Å². The number of rotatable bonds is 4. The van der Waals surface area contributed by atoms with Crippen molar-refractivity contribution in [2.45, 2.75) is 45.0 Å². The molecule has 0 aromatic rings. The Morgan fingerprint density at radius 1 is 1.44 bits per heavy atom. The van der Waals surface area contributed by atoms with E-state index in [1.54, 1.807) is 0 Å². The zero-order valence-electron chi connectivity index (χ0n) is 9.98. The highest BCUT2D eigenvalue weighted by atomic mass is 16.7. The van der Waals surface area contributed by atoms with Crippen LogP contribution in [0.5, 0.6) is 0 Å². The number of hydrogen-bond donors (Lipinski definition) is 0. The number of carbonyl (C=O) groups is 1. The molecule has 4 nitrogen and oxygen atoms in total. The Labute approximate surface area is 96.2 Å². The summed E-state index contributed by atoms with van der Waals surface area (Å²) >= 11 is 0. The average molecular weight is 228 g/mol. The molecule has 2 rings (SSSR count). The summed E-state index contributed by atoms with van der Waals surface area (Å²) in [6.45, 7) is 2.66. The second-order valence-corrected chi connectivity index (χ2v) is 4.58. The summed E-state index contributed by atoms with van der Waals surface area (Å²) < 4.78 is 16.0. The fraction of sp³-hybridized carbons (Fsp3) is 0.917. The number of methoxy groups -OCH3 is 1. The first kappa shape index (κ1) is 11.9. The summed E-state index contributed by atoms with van der Waals surface area (Å²) in [5, 5.41) is 0. The lowest BCUT2D eigenvalue weighted by molar-refractivity contribution is -0.142. The van der Waals surface area contributed by atoms with E-state index >= 15 is 0 Å². The fourth-order valence-electron chi connectivity index (χ4n) is 2.94. The molecule has 1 aliphatic carbocycles. The van der Waals surface area contributed by atoms with E-state index < -0.39 is 0 Å². The first-order valence-electron chi connectivity index (χ1n) is 6.08. The maximum atomic E-state index is 11.3. The van der Waals surface area contributed by atoms with Crippen LogP contribution in [0, 0.1) is 11.8 Å². The molecule has 0 bridgehead atoms. The molecule has 0 radical (unpaired) electrons. The normalized spacial score (nSPS) is 37.4. The van der Waals surface area contributed by atoms with Crippen LogP contribution in [0.25, 0.3) is 0 Å². The highest BCUT2D eigenvalue weighted by Crippen LogP contribution is 2.44. The first-order chi connectivity index (χ1) is 7.74. The van der Waals surface area contributed by atoms with Gasteiger partial charge in [-0.2, -0.15) is 0 Å². The lowest BCUT2D eigenvalue weighted by Gasteiger charge is -2.15. The molecule has 16 heavy (non-hydrogen) atoms. The summed E-state index contributed by atoms with van der Waals surface area (Å²) in [7, 11) is 1.45. The Kier molecular flexibility index (Phi) is 3.82. The van der Waals surface area contributed by atoms with E-state index in [1.165, 1.54) is 7.11 Å². The van der Waals surface area contributed by atoms with Crippen LogP contribution in [0.3, 0.4) is 0 Å². The largest absolute Gasteiger partial charge is 0.469 e. The maximum absolute atomic E-state index is 11.3. The van der Waals surface area contributed by atoms with Gasteiger partial charge in [-0.05, 0) is 31.6 Å². The van der Waals surface area contributed by atoms with E-state index in [9.17, 15) is 4.79 Å². The van der Waals surface area contributed by atoms with Crippen molar-refractivity contribution >= 4 is 5.97 Å². The van der Waals surface area contributed by atoms with Gasteiger partial charge in [0.05, 0.1) is 13.2 Å². The van der Waals surface area contributed by atoms with E-state index in [1.807, 2.05) is 6.92 Å². The van der Waals surface area contributed by atoms with Crippen LogP contribution in [-0.4, -0.2) is 32.1 Å². The molecule has 0 aromatic carbocycles. The van der Waals surface area contributed by atoms with Gasteiger partial charge >= 0.3 is 5.97 Å². The van der Waals surface area contributed by atoms with Crippen molar-refractivity contribution in [3.63, 3.8) is 0 Å². The third-order valence-corrected chi connectivity index (χ3v) is 3.71. The Morgan fingerprint density at radius 2 is 2.25 bits per heavy atom. The fourth-order valence-corrected chi connectivity index (χ4v) is 2.94. The minimum absolute atomic E-state index is 0.0551. The third kappa shape index (κ3) is 2.38. The van der Waals surface area contributed by atoms with Crippen molar-refractivity contribution < 1.29 is 19.0 Å². The average Bonchev–Trinajstić information content (AvgIpc) is 2.81. The van der Waals surface area contributed by atoms with Gasteiger partial charge < -0.3 is 14.2 Å². The molecule has 1 heterocycles. The summed E-state index contributed by atoms with van der Waals surface area (Å²) in [4.78, 5) is 11.3. The molecule has 1 saturated heterocycles. The lowest BCUT2D eigenvalue weighted by atomic mass is 9.90. The van der Waals surface area contributed by atoms with Gasteiger partial charge in [-0.15, -0.1) is 0 Å². The van der Waals surface area contributed by atoms with Crippen molar-refractivity contribution in [1.82, 2.24) is 0 Å². The quantitative estimate of drug-likeness (QED) is 0.687. The zero-order valence-corrected chi connectivity index (χ0v) is 9.98. The smallest absolute Gasteiger partial charge is 0.305 e.